The normalized spacial score (nSPS) is 16.3. The summed E-state index contributed by atoms with van der Waals surface area (Å²) in [4.78, 5) is 22.9. The molecule has 1 amide bonds. The van der Waals surface area contributed by atoms with Crippen LogP contribution in [0.3, 0.4) is 0 Å². The number of amides is 1. The van der Waals surface area contributed by atoms with Gasteiger partial charge in [0.2, 0.25) is 0 Å². The summed E-state index contributed by atoms with van der Waals surface area (Å²) in [6.45, 7) is 0. The Labute approximate surface area is 111 Å². The van der Waals surface area contributed by atoms with Crippen LogP contribution < -0.4 is 10.1 Å². The van der Waals surface area contributed by atoms with Gasteiger partial charge in [-0.25, -0.2) is 0 Å². The molecule has 0 unspecified atom stereocenters. The molecule has 1 fully saturated rings. The number of aliphatic carboxylic acids is 1. The van der Waals surface area contributed by atoms with E-state index in [1.807, 2.05) is 0 Å². The Morgan fingerprint density at radius 1 is 1.32 bits per heavy atom. The Hall–Kier alpha value is -2.04. The third-order valence-corrected chi connectivity index (χ3v) is 3.53. The van der Waals surface area contributed by atoms with Gasteiger partial charge in [-0.1, -0.05) is 0 Å². The SMILES string of the molecule is COc1ccc(C(=O)NC2(CC(=O)O)CCC2)cc1. The predicted molar refractivity (Wildman–Crippen MR) is 69.3 cm³/mol. The molecule has 1 saturated carbocycles. The van der Waals surface area contributed by atoms with Crippen molar-refractivity contribution in [2.24, 2.45) is 0 Å². The van der Waals surface area contributed by atoms with Crippen molar-refractivity contribution in [2.45, 2.75) is 31.2 Å². The fraction of sp³-hybridized carbons (Fsp3) is 0.429. The minimum Gasteiger partial charge on any atom is -0.497 e. The van der Waals surface area contributed by atoms with E-state index in [0.717, 1.165) is 19.3 Å². The minimum atomic E-state index is -0.880. The lowest BCUT2D eigenvalue weighted by Gasteiger charge is -2.41. The number of ether oxygens (including phenoxy) is 1. The zero-order valence-electron chi connectivity index (χ0n) is 10.8. The molecule has 5 heteroatoms. The highest BCUT2D eigenvalue weighted by Gasteiger charge is 2.40. The van der Waals surface area contributed by atoms with E-state index in [9.17, 15) is 9.59 Å². The number of hydrogen-bond donors (Lipinski definition) is 2. The molecule has 1 aromatic rings. The molecule has 0 aliphatic heterocycles. The average molecular weight is 263 g/mol. The van der Waals surface area contributed by atoms with Gasteiger partial charge in [0.05, 0.1) is 19.1 Å². The van der Waals surface area contributed by atoms with Crippen LogP contribution in [0.1, 0.15) is 36.0 Å². The summed E-state index contributed by atoms with van der Waals surface area (Å²) in [6, 6.07) is 6.75. The molecule has 1 aliphatic carbocycles. The van der Waals surface area contributed by atoms with E-state index in [4.69, 9.17) is 9.84 Å². The van der Waals surface area contributed by atoms with Crippen LogP contribution in [0.5, 0.6) is 5.75 Å². The highest BCUT2D eigenvalue weighted by Crippen LogP contribution is 2.35. The molecule has 0 spiro atoms. The van der Waals surface area contributed by atoms with E-state index >= 15 is 0 Å². The number of carboxylic acid groups (broad SMARTS) is 1. The zero-order chi connectivity index (χ0) is 13.9. The van der Waals surface area contributed by atoms with Crippen LogP contribution in [0.25, 0.3) is 0 Å². The molecular weight excluding hydrogens is 246 g/mol. The maximum absolute atomic E-state index is 12.1. The number of rotatable bonds is 5. The van der Waals surface area contributed by atoms with Gasteiger partial charge in [-0.3, -0.25) is 9.59 Å². The van der Waals surface area contributed by atoms with E-state index in [1.54, 1.807) is 31.4 Å². The van der Waals surface area contributed by atoms with Crippen molar-refractivity contribution in [3.8, 4) is 5.75 Å². The molecule has 0 saturated heterocycles. The highest BCUT2D eigenvalue weighted by molar-refractivity contribution is 5.95. The maximum Gasteiger partial charge on any atom is 0.305 e. The Balaban J connectivity index is 2.04. The molecular formula is C14H17NO4. The smallest absolute Gasteiger partial charge is 0.305 e. The Kier molecular flexibility index (Phi) is 3.74. The summed E-state index contributed by atoms with van der Waals surface area (Å²) < 4.78 is 5.03. The summed E-state index contributed by atoms with van der Waals surface area (Å²) >= 11 is 0. The Morgan fingerprint density at radius 2 is 1.95 bits per heavy atom. The van der Waals surface area contributed by atoms with E-state index < -0.39 is 11.5 Å². The molecule has 0 atom stereocenters. The molecule has 5 nitrogen and oxygen atoms in total. The minimum absolute atomic E-state index is 0.0190. The van der Waals surface area contributed by atoms with Crippen LogP contribution in [0.4, 0.5) is 0 Å². The number of carbonyl (C=O) groups is 2. The molecule has 102 valence electrons. The van der Waals surface area contributed by atoms with Gasteiger partial charge in [-0.15, -0.1) is 0 Å². The van der Waals surface area contributed by atoms with Crippen molar-refractivity contribution in [3.05, 3.63) is 29.8 Å². The monoisotopic (exact) mass is 263 g/mol. The third-order valence-electron chi connectivity index (χ3n) is 3.53. The van der Waals surface area contributed by atoms with Gasteiger partial charge in [0.25, 0.3) is 5.91 Å². The van der Waals surface area contributed by atoms with Crippen LogP contribution in [0.15, 0.2) is 24.3 Å². The van der Waals surface area contributed by atoms with E-state index in [0.29, 0.717) is 11.3 Å². The van der Waals surface area contributed by atoms with Gasteiger partial charge >= 0.3 is 5.97 Å². The summed E-state index contributed by atoms with van der Waals surface area (Å²) in [5.41, 5.74) is -0.0551. The lowest BCUT2D eigenvalue weighted by atomic mass is 9.74. The highest BCUT2D eigenvalue weighted by atomic mass is 16.5. The second kappa shape index (κ2) is 5.30. The first-order chi connectivity index (χ1) is 9.04. The van der Waals surface area contributed by atoms with Crippen molar-refractivity contribution in [1.29, 1.82) is 0 Å². The van der Waals surface area contributed by atoms with E-state index in [2.05, 4.69) is 5.32 Å². The molecule has 0 heterocycles. The summed E-state index contributed by atoms with van der Waals surface area (Å²) in [7, 11) is 1.56. The first-order valence-corrected chi connectivity index (χ1v) is 6.23. The van der Waals surface area contributed by atoms with Crippen LogP contribution in [0, 0.1) is 0 Å². The maximum atomic E-state index is 12.1. The summed E-state index contributed by atoms with van der Waals surface area (Å²) in [6.07, 6.45) is 2.38. The molecule has 2 rings (SSSR count). The number of benzene rings is 1. The van der Waals surface area contributed by atoms with Crippen LogP contribution in [0.2, 0.25) is 0 Å². The molecule has 19 heavy (non-hydrogen) atoms. The van der Waals surface area contributed by atoms with E-state index in [1.165, 1.54) is 0 Å². The van der Waals surface area contributed by atoms with Crippen molar-refractivity contribution in [3.63, 3.8) is 0 Å². The fourth-order valence-electron chi connectivity index (χ4n) is 2.29. The first kappa shape index (κ1) is 13.4. The van der Waals surface area contributed by atoms with Crippen molar-refractivity contribution < 1.29 is 19.4 Å². The molecule has 0 bridgehead atoms. The van der Waals surface area contributed by atoms with E-state index in [-0.39, 0.29) is 12.3 Å². The fourth-order valence-corrected chi connectivity index (χ4v) is 2.29. The molecule has 0 radical (unpaired) electrons. The van der Waals surface area contributed by atoms with Crippen LogP contribution >= 0.6 is 0 Å². The first-order valence-electron chi connectivity index (χ1n) is 6.23. The Morgan fingerprint density at radius 3 is 2.37 bits per heavy atom. The molecule has 2 N–H and O–H groups in total. The van der Waals surface area contributed by atoms with Crippen LogP contribution in [-0.2, 0) is 4.79 Å². The molecule has 0 aromatic heterocycles. The van der Waals surface area contributed by atoms with Gasteiger partial charge in [0.1, 0.15) is 5.75 Å². The van der Waals surface area contributed by atoms with Gasteiger partial charge < -0.3 is 15.2 Å². The number of carbonyl (C=O) groups excluding carboxylic acids is 1. The number of nitrogens with one attached hydrogen (secondary N) is 1. The average Bonchev–Trinajstić information content (AvgIpc) is 2.35. The Bertz CT molecular complexity index is 477. The van der Waals surface area contributed by atoms with Gasteiger partial charge in [-0.05, 0) is 43.5 Å². The molecule has 1 aromatic carbocycles. The summed E-state index contributed by atoms with van der Waals surface area (Å²) in [5.74, 6) is -0.432. The third kappa shape index (κ3) is 3.05. The van der Waals surface area contributed by atoms with Crippen LogP contribution in [-0.4, -0.2) is 29.6 Å². The van der Waals surface area contributed by atoms with Gasteiger partial charge in [-0.2, -0.15) is 0 Å². The second-order valence-electron chi connectivity index (χ2n) is 4.89. The van der Waals surface area contributed by atoms with Gasteiger partial charge in [0.15, 0.2) is 0 Å². The standard InChI is InChI=1S/C14H17NO4/c1-19-11-5-3-10(4-6-11)13(18)15-14(7-2-8-14)9-12(16)17/h3-6H,2,7-9H2,1H3,(H,15,18)(H,16,17). The predicted octanol–water partition coefficient (Wildman–Crippen LogP) is 1.82. The number of methoxy groups -OCH3 is 1. The second-order valence-corrected chi connectivity index (χ2v) is 4.89. The lowest BCUT2D eigenvalue weighted by molar-refractivity contribution is -0.139. The largest absolute Gasteiger partial charge is 0.497 e. The van der Waals surface area contributed by atoms with Gasteiger partial charge in [0, 0.05) is 5.56 Å². The number of carboxylic acids is 1. The molecule has 1 aliphatic rings. The quantitative estimate of drug-likeness (QED) is 0.849. The van der Waals surface area contributed by atoms with Crippen molar-refractivity contribution in [2.75, 3.05) is 7.11 Å². The van der Waals surface area contributed by atoms with Crippen molar-refractivity contribution in [1.82, 2.24) is 5.32 Å². The topological polar surface area (TPSA) is 75.6 Å². The number of hydrogen-bond acceptors (Lipinski definition) is 3. The lowest BCUT2D eigenvalue weighted by Crippen LogP contribution is -2.54. The summed E-state index contributed by atoms with van der Waals surface area (Å²) in [5, 5.41) is 11.8. The zero-order valence-corrected chi connectivity index (χ0v) is 10.8. The van der Waals surface area contributed by atoms with Crippen molar-refractivity contribution >= 4 is 11.9 Å².